The number of amides is 1. The van der Waals surface area contributed by atoms with Gasteiger partial charge in [0.25, 0.3) is 0 Å². The van der Waals surface area contributed by atoms with Crippen LogP contribution in [-0.2, 0) is 4.74 Å². The molecule has 0 aromatic heterocycles. The first-order valence-corrected chi connectivity index (χ1v) is 6.83. The van der Waals surface area contributed by atoms with Crippen LogP contribution in [0.15, 0.2) is 18.2 Å². The number of alkyl carbamates (subject to hydrolysis) is 1. The fourth-order valence-electron chi connectivity index (χ4n) is 1.50. The summed E-state index contributed by atoms with van der Waals surface area (Å²) in [6.45, 7) is 5.35. The van der Waals surface area contributed by atoms with Gasteiger partial charge in [0.15, 0.2) is 0 Å². The van der Waals surface area contributed by atoms with Crippen molar-refractivity contribution in [1.82, 2.24) is 5.32 Å². The molecule has 0 heterocycles. The predicted molar refractivity (Wildman–Crippen MR) is 81.6 cm³/mol. The molecule has 0 aliphatic rings. The fraction of sp³-hybridized carbons (Fsp3) is 0.333. The third-order valence-electron chi connectivity index (χ3n) is 2.38. The van der Waals surface area contributed by atoms with E-state index in [2.05, 4.69) is 5.32 Å². The summed E-state index contributed by atoms with van der Waals surface area (Å²) in [7, 11) is 0. The summed E-state index contributed by atoms with van der Waals surface area (Å²) >= 11 is 5.76. The Morgan fingerprint density at radius 1 is 1.41 bits per heavy atom. The zero-order chi connectivity index (χ0) is 16.9. The van der Waals surface area contributed by atoms with Gasteiger partial charge in [-0.05, 0) is 32.9 Å². The third kappa shape index (κ3) is 5.73. The Kier molecular flexibility index (Phi) is 5.93. The van der Waals surface area contributed by atoms with Crippen LogP contribution in [0.4, 0.5) is 9.18 Å². The smallest absolute Gasteiger partial charge is 0.407 e. The van der Waals surface area contributed by atoms with Crippen LogP contribution in [0, 0.1) is 5.82 Å². The first-order chi connectivity index (χ1) is 10.1. The van der Waals surface area contributed by atoms with Crippen LogP contribution in [0.3, 0.4) is 0 Å². The molecule has 1 amide bonds. The first kappa shape index (κ1) is 18.0. The number of rotatable bonds is 4. The van der Waals surface area contributed by atoms with Crippen LogP contribution in [0.25, 0.3) is 6.08 Å². The highest BCUT2D eigenvalue weighted by Gasteiger charge is 2.15. The molecule has 1 aromatic carbocycles. The van der Waals surface area contributed by atoms with Gasteiger partial charge >= 0.3 is 12.1 Å². The minimum absolute atomic E-state index is 0.0614. The predicted octanol–water partition coefficient (Wildman–Crippen LogP) is 3.72. The lowest BCUT2D eigenvalue weighted by Gasteiger charge is -2.19. The second-order valence-corrected chi connectivity index (χ2v) is 5.85. The molecule has 0 atom stereocenters. The lowest BCUT2D eigenvalue weighted by Crippen LogP contribution is -2.32. The Bertz CT molecular complexity index is 608. The van der Waals surface area contributed by atoms with E-state index in [-0.39, 0.29) is 22.7 Å². The zero-order valence-electron chi connectivity index (χ0n) is 12.4. The van der Waals surface area contributed by atoms with Gasteiger partial charge in [0.05, 0.1) is 10.6 Å². The van der Waals surface area contributed by atoms with Crippen LogP contribution in [-0.4, -0.2) is 29.3 Å². The Morgan fingerprint density at radius 3 is 2.59 bits per heavy atom. The summed E-state index contributed by atoms with van der Waals surface area (Å²) in [6, 6.07) is 2.07. The van der Waals surface area contributed by atoms with E-state index in [0.29, 0.717) is 0 Å². The van der Waals surface area contributed by atoms with E-state index in [0.717, 1.165) is 6.07 Å². The van der Waals surface area contributed by atoms with E-state index < -0.39 is 23.5 Å². The van der Waals surface area contributed by atoms with Crippen LogP contribution >= 0.6 is 11.6 Å². The van der Waals surface area contributed by atoms with Crippen molar-refractivity contribution >= 4 is 29.7 Å². The molecule has 0 saturated heterocycles. The SMILES string of the molecule is CC(C)(C)OC(=O)NCC=Cc1cc(Cl)c(C(=O)O)cc1F. The lowest BCUT2D eigenvalue weighted by molar-refractivity contribution is 0.0533. The van der Waals surface area contributed by atoms with Crippen LogP contribution in [0.2, 0.25) is 5.02 Å². The highest BCUT2D eigenvalue weighted by atomic mass is 35.5. The van der Waals surface area contributed by atoms with Gasteiger partial charge in [-0.15, -0.1) is 0 Å². The minimum atomic E-state index is -1.30. The van der Waals surface area contributed by atoms with Gasteiger partial charge in [0.2, 0.25) is 0 Å². The van der Waals surface area contributed by atoms with E-state index in [1.807, 2.05) is 0 Å². The number of nitrogens with one attached hydrogen (secondary N) is 1. The van der Waals surface area contributed by atoms with Gasteiger partial charge in [0, 0.05) is 12.1 Å². The standard InChI is InChI=1S/C15H17ClFNO4/c1-15(2,3)22-14(21)18-6-4-5-9-7-11(16)10(13(19)20)8-12(9)17/h4-5,7-8H,6H2,1-3H3,(H,18,21)(H,19,20). The van der Waals surface area contributed by atoms with Crippen molar-refractivity contribution in [2.24, 2.45) is 0 Å². The summed E-state index contributed by atoms with van der Waals surface area (Å²) < 4.78 is 18.7. The number of carboxylic acid groups (broad SMARTS) is 1. The highest BCUT2D eigenvalue weighted by Crippen LogP contribution is 2.21. The van der Waals surface area contributed by atoms with E-state index in [4.69, 9.17) is 21.4 Å². The second kappa shape index (κ2) is 7.26. The summed E-state index contributed by atoms with van der Waals surface area (Å²) in [6.07, 6.45) is 2.31. The maximum absolute atomic E-state index is 13.7. The maximum Gasteiger partial charge on any atom is 0.407 e. The van der Waals surface area contributed by atoms with Gasteiger partial charge in [-0.25, -0.2) is 14.0 Å². The average Bonchev–Trinajstić information content (AvgIpc) is 2.35. The molecule has 0 bridgehead atoms. The molecule has 2 N–H and O–H groups in total. The molecule has 0 spiro atoms. The van der Waals surface area contributed by atoms with Crippen molar-refractivity contribution in [2.75, 3.05) is 6.54 Å². The van der Waals surface area contributed by atoms with Gasteiger partial charge < -0.3 is 15.2 Å². The first-order valence-electron chi connectivity index (χ1n) is 6.46. The summed E-state index contributed by atoms with van der Waals surface area (Å²) in [4.78, 5) is 22.2. The molecule has 0 aliphatic heterocycles. The third-order valence-corrected chi connectivity index (χ3v) is 2.69. The monoisotopic (exact) mass is 329 g/mol. The molecule has 0 radical (unpaired) electrons. The number of halogens is 2. The fourth-order valence-corrected chi connectivity index (χ4v) is 1.75. The number of aromatic carboxylic acids is 1. The van der Waals surface area contributed by atoms with Crippen molar-refractivity contribution in [1.29, 1.82) is 0 Å². The van der Waals surface area contributed by atoms with Gasteiger partial charge in [-0.2, -0.15) is 0 Å². The molecule has 120 valence electrons. The largest absolute Gasteiger partial charge is 0.478 e. The lowest BCUT2D eigenvalue weighted by atomic mass is 10.1. The number of carbonyl (C=O) groups is 2. The van der Waals surface area contributed by atoms with Crippen LogP contribution in [0.5, 0.6) is 0 Å². The maximum atomic E-state index is 13.7. The van der Waals surface area contributed by atoms with E-state index in [1.165, 1.54) is 18.2 Å². The summed E-state index contributed by atoms with van der Waals surface area (Å²) in [5.74, 6) is -2.01. The number of hydrogen-bond donors (Lipinski definition) is 2. The van der Waals surface area contributed by atoms with Crippen LogP contribution < -0.4 is 5.32 Å². The molecule has 1 rings (SSSR count). The average molecular weight is 330 g/mol. The molecule has 0 saturated carbocycles. The van der Waals surface area contributed by atoms with Gasteiger partial charge in [0.1, 0.15) is 11.4 Å². The van der Waals surface area contributed by atoms with Crippen molar-refractivity contribution < 1.29 is 23.8 Å². The quantitative estimate of drug-likeness (QED) is 0.882. The molecular formula is C15H17ClFNO4. The van der Waals surface area contributed by atoms with Crippen molar-refractivity contribution in [3.63, 3.8) is 0 Å². The van der Waals surface area contributed by atoms with Gasteiger partial charge in [-0.1, -0.05) is 23.8 Å². The number of benzene rings is 1. The summed E-state index contributed by atoms with van der Waals surface area (Å²) in [5.41, 5.74) is -0.774. The Balaban J connectivity index is 2.66. The Hall–Kier alpha value is -2.08. The topological polar surface area (TPSA) is 75.6 Å². The Morgan fingerprint density at radius 2 is 2.05 bits per heavy atom. The molecule has 7 heteroatoms. The minimum Gasteiger partial charge on any atom is -0.478 e. The summed E-state index contributed by atoms with van der Waals surface area (Å²) in [5, 5.41) is 11.2. The number of carboxylic acids is 1. The van der Waals surface area contributed by atoms with Crippen molar-refractivity contribution in [3.8, 4) is 0 Å². The van der Waals surface area contributed by atoms with E-state index in [1.54, 1.807) is 20.8 Å². The highest BCUT2D eigenvalue weighted by molar-refractivity contribution is 6.33. The second-order valence-electron chi connectivity index (χ2n) is 5.44. The molecule has 1 aromatic rings. The van der Waals surface area contributed by atoms with Crippen molar-refractivity contribution in [3.05, 3.63) is 40.2 Å². The van der Waals surface area contributed by atoms with Crippen LogP contribution in [0.1, 0.15) is 36.7 Å². The Labute approximate surface area is 132 Å². The molecule has 0 unspecified atom stereocenters. The molecule has 22 heavy (non-hydrogen) atoms. The van der Waals surface area contributed by atoms with E-state index >= 15 is 0 Å². The normalized spacial score (nSPS) is 11.5. The van der Waals surface area contributed by atoms with Gasteiger partial charge in [-0.3, -0.25) is 0 Å². The zero-order valence-corrected chi connectivity index (χ0v) is 13.2. The molecule has 5 nitrogen and oxygen atoms in total. The number of ether oxygens (including phenoxy) is 1. The molecular weight excluding hydrogens is 313 g/mol. The molecule has 0 aliphatic carbocycles. The number of carbonyl (C=O) groups excluding carboxylic acids is 1. The molecule has 0 fully saturated rings. The van der Waals surface area contributed by atoms with Crippen molar-refractivity contribution in [2.45, 2.75) is 26.4 Å². The van der Waals surface area contributed by atoms with E-state index in [9.17, 15) is 14.0 Å². The number of hydrogen-bond acceptors (Lipinski definition) is 3.